The van der Waals surface area contributed by atoms with E-state index in [2.05, 4.69) is 5.32 Å². The Morgan fingerprint density at radius 2 is 1.92 bits per heavy atom. The summed E-state index contributed by atoms with van der Waals surface area (Å²) < 4.78 is 37.5. The second-order valence-corrected chi connectivity index (χ2v) is 6.26. The molecular weight excluding hydrogens is 319 g/mol. The molecule has 7 heteroatoms. The van der Waals surface area contributed by atoms with Crippen molar-refractivity contribution < 1.29 is 18.0 Å². The topological polar surface area (TPSA) is 35.6 Å². The molecule has 0 bridgehead atoms. The van der Waals surface area contributed by atoms with E-state index in [1.165, 1.54) is 4.90 Å². The highest BCUT2D eigenvalue weighted by atomic mass is 19.4. The van der Waals surface area contributed by atoms with Gasteiger partial charge in [-0.3, -0.25) is 4.90 Å². The minimum absolute atomic E-state index is 0.145. The van der Waals surface area contributed by atoms with Gasteiger partial charge in [0, 0.05) is 26.2 Å². The number of alkyl halides is 3. The number of carbonyl (C=O) groups is 1. The van der Waals surface area contributed by atoms with Gasteiger partial charge in [0.05, 0.1) is 12.6 Å². The molecule has 1 heterocycles. The molecule has 1 aliphatic heterocycles. The molecule has 2 rings (SSSR count). The van der Waals surface area contributed by atoms with Crippen LogP contribution in [0.3, 0.4) is 0 Å². The first-order valence-electron chi connectivity index (χ1n) is 8.16. The smallest absolute Gasteiger partial charge is 0.331 e. The first-order chi connectivity index (χ1) is 11.3. The molecule has 24 heavy (non-hydrogen) atoms. The van der Waals surface area contributed by atoms with Crippen LogP contribution in [0.2, 0.25) is 0 Å². The van der Waals surface area contributed by atoms with Crippen LogP contribution in [-0.2, 0) is 0 Å². The van der Waals surface area contributed by atoms with E-state index in [9.17, 15) is 18.0 Å². The fourth-order valence-electron chi connectivity index (χ4n) is 3.01. The summed E-state index contributed by atoms with van der Waals surface area (Å²) in [7, 11) is 0. The molecule has 1 unspecified atom stereocenters. The molecule has 0 spiro atoms. The molecule has 1 saturated heterocycles. The Morgan fingerprint density at radius 1 is 1.21 bits per heavy atom. The third kappa shape index (κ3) is 5.40. The number of halogens is 3. The van der Waals surface area contributed by atoms with E-state index in [0.29, 0.717) is 26.1 Å². The van der Waals surface area contributed by atoms with Crippen LogP contribution in [0.25, 0.3) is 0 Å². The average molecular weight is 343 g/mol. The van der Waals surface area contributed by atoms with Crippen molar-refractivity contribution in [2.45, 2.75) is 32.5 Å². The number of aryl methyl sites for hydroxylation is 1. The van der Waals surface area contributed by atoms with Crippen LogP contribution in [0.4, 0.5) is 18.0 Å². The van der Waals surface area contributed by atoms with Crippen molar-refractivity contribution in [3.63, 3.8) is 0 Å². The first kappa shape index (κ1) is 18.6. The van der Waals surface area contributed by atoms with Gasteiger partial charge in [-0.25, -0.2) is 4.79 Å². The zero-order valence-corrected chi connectivity index (χ0v) is 14.1. The zero-order valence-electron chi connectivity index (χ0n) is 14.1. The Morgan fingerprint density at radius 3 is 2.58 bits per heavy atom. The molecule has 2 amide bonds. The number of nitrogens with zero attached hydrogens (tertiary/aromatic N) is 2. The van der Waals surface area contributed by atoms with Crippen molar-refractivity contribution in [2.75, 3.05) is 32.7 Å². The lowest BCUT2D eigenvalue weighted by molar-refractivity contribution is -0.145. The quantitative estimate of drug-likeness (QED) is 0.914. The summed E-state index contributed by atoms with van der Waals surface area (Å²) in [6.07, 6.45) is -3.65. The summed E-state index contributed by atoms with van der Waals surface area (Å²) >= 11 is 0. The minimum Gasteiger partial charge on any atom is -0.331 e. The number of hydrogen-bond acceptors (Lipinski definition) is 2. The van der Waals surface area contributed by atoms with E-state index in [1.54, 1.807) is 4.90 Å². The summed E-state index contributed by atoms with van der Waals surface area (Å²) in [5.41, 5.74) is 2.14. The van der Waals surface area contributed by atoms with Crippen LogP contribution < -0.4 is 5.32 Å². The SMILES string of the molecule is Cc1ccccc1C(C)NC(=O)N1CCCN(CC(F)(F)F)CC1. The molecule has 4 nitrogen and oxygen atoms in total. The van der Waals surface area contributed by atoms with Gasteiger partial charge in [0.2, 0.25) is 0 Å². The summed E-state index contributed by atoms with van der Waals surface area (Å²) in [6.45, 7) is 4.36. The van der Waals surface area contributed by atoms with Crippen LogP contribution in [0, 0.1) is 6.92 Å². The summed E-state index contributed by atoms with van der Waals surface area (Å²) in [4.78, 5) is 15.4. The second-order valence-electron chi connectivity index (χ2n) is 6.26. The molecular formula is C17H24F3N3O. The summed E-state index contributed by atoms with van der Waals surface area (Å²) in [5.74, 6) is 0. The van der Waals surface area contributed by atoms with Crippen molar-refractivity contribution >= 4 is 6.03 Å². The molecule has 1 aromatic rings. The molecule has 0 aromatic heterocycles. The predicted octanol–water partition coefficient (Wildman–Crippen LogP) is 3.34. The fourth-order valence-corrected chi connectivity index (χ4v) is 3.01. The van der Waals surface area contributed by atoms with E-state index in [4.69, 9.17) is 0 Å². The number of rotatable bonds is 3. The molecule has 0 saturated carbocycles. The Hall–Kier alpha value is -1.76. The highest BCUT2D eigenvalue weighted by molar-refractivity contribution is 5.74. The fraction of sp³-hybridized carbons (Fsp3) is 0.588. The van der Waals surface area contributed by atoms with E-state index in [0.717, 1.165) is 11.1 Å². The Labute approximate surface area is 140 Å². The number of amides is 2. The largest absolute Gasteiger partial charge is 0.401 e. The van der Waals surface area contributed by atoms with Gasteiger partial charge >= 0.3 is 12.2 Å². The molecule has 134 valence electrons. The van der Waals surface area contributed by atoms with Gasteiger partial charge in [0.15, 0.2) is 0 Å². The second kappa shape index (κ2) is 7.88. The third-order valence-corrected chi connectivity index (χ3v) is 4.27. The van der Waals surface area contributed by atoms with Crippen LogP contribution >= 0.6 is 0 Å². The van der Waals surface area contributed by atoms with Crippen LogP contribution in [0.15, 0.2) is 24.3 Å². The molecule has 0 aliphatic carbocycles. The Balaban J connectivity index is 1.90. The molecule has 0 radical (unpaired) electrons. The van der Waals surface area contributed by atoms with Gasteiger partial charge in [0.25, 0.3) is 0 Å². The highest BCUT2D eigenvalue weighted by Crippen LogP contribution is 2.19. The highest BCUT2D eigenvalue weighted by Gasteiger charge is 2.32. The summed E-state index contributed by atoms with van der Waals surface area (Å²) in [6, 6.07) is 7.45. The number of hydrogen-bond donors (Lipinski definition) is 1. The lowest BCUT2D eigenvalue weighted by Crippen LogP contribution is -2.43. The van der Waals surface area contributed by atoms with E-state index < -0.39 is 12.7 Å². The van der Waals surface area contributed by atoms with Crippen LogP contribution in [0.5, 0.6) is 0 Å². The van der Waals surface area contributed by atoms with Crippen molar-refractivity contribution in [1.29, 1.82) is 0 Å². The molecule has 1 aromatic carbocycles. The minimum atomic E-state index is -4.20. The lowest BCUT2D eigenvalue weighted by Gasteiger charge is -2.25. The molecule has 1 aliphatic rings. The van der Waals surface area contributed by atoms with Crippen molar-refractivity contribution in [3.8, 4) is 0 Å². The van der Waals surface area contributed by atoms with Crippen molar-refractivity contribution in [2.24, 2.45) is 0 Å². The molecule has 1 N–H and O–H groups in total. The van der Waals surface area contributed by atoms with Crippen molar-refractivity contribution in [3.05, 3.63) is 35.4 Å². The Kier molecular flexibility index (Phi) is 6.10. The number of benzene rings is 1. The molecule has 1 fully saturated rings. The maximum atomic E-state index is 12.5. The van der Waals surface area contributed by atoms with Crippen LogP contribution in [0.1, 0.15) is 30.5 Å². The van der Waals surface area contributed by atoms with Gasteiger partial charge in [-0.1, -0.05) is 24.3 Å². The lowest BCUT2D eigenvalue weighted by atomic mass is 10.0. The van der Waals surface area contributed by atoms with E-state index >= 15 is 0 Å². The molecule has 1 atom stereocenters. The maximum Gasteiger partial charge on any atom is 0.401 e. The van der Waals surface area contributed by atoms with E-state index in [-0.39, 0.29) is 18.6 Å². The monoisotopic (exact) mass is 343 g/mol. The van der Waals surface area contributed by atoms with Gasteiger partial charge in [-0.2, -0.15) is 13.2 Å². The zero-order chi connectivity index (χ0) is 17.7. The van der Waals surface area contributed by atoms with Gasteiger partial charge in [-0.05, 0) is 31.4 Å². The van der Waals surface area contributed by atoms with Gasteiger partial charge in [-0.15, -0.1) is 0 Å². The van der Waals surface area contributed by atoms with Crippen molar-refractivity contribution in [1.82, 2.24) is 15.1 Å². The van der Waals surface area contributed by atoms with Crippen LogP contribution in [-0.4, -0.2) is 54.7 Å². The number of carbonyl (C=O) groups excluding carboxylic acids is 1. The van der Waals surface area contributed by atoms with E-state index in [1.807, 2.05) is 38.1 Å². The number of nitrogens with one attached hydrogen (secondary N) is 1. The number of urea groups is 1. The average Bonchev–Trinajstić information content (AvgIpc) is 2.71. The maximum absolute atomic E-state index is 12.5. The third-order valence-electron chi connectivity index (χ3n) is 4.27. The van der Waals surface area contributed by atoms with Gasteiger partial charge < -0.3 is 10.2 Å². The standard InChI is InChI=1S/C17H24F3N3O/c1-13-6-3-4-7-15(13)14(2)21-16(24)23-9-5-8-22(10-11-23)12-17(18,19)20/h3-4,6-7,14H,5,8-12H2,1-2H3,(H,21,24). The normalized spacial score (nSPS) is 18.1. The first-order valence-corrected chi connectivity index (χ1v) is 8.16. The predicted molar refractivity (Wildman–Crippen MR) is 86.8 cm³/mol. The summed E-state index contributed by atoms with van der Waals surface area (Å²) in [5, 5.41) is 2.94. The Bertz CT molecular complexity index is 562. The van der Waals surface area contributed by atoms with Gasteiger partial charge in [0.1, 0.15) is 0 Å².